The van der Waals surface area contributed by atoms with E-state index in [1.807, 2.05) is 11.4 Å². The molecule has 1 aliphatic heterocycles. The number of aliphatic hydroxyl groups is 1. The summed E-state index contributed by atoms with van der Waals surface area (Å²) in [4.78, 5) is 1.15. The average Bonchev–Trinajstić information content (AvgIpc) is 2.66. The second-order valence-corrected chi connectivity index (χ2v) is 5.30. The number of rotatable bonds is 3. The molecule has 1 saturated heterocycles. The van der Waals surface area contributed by atoms with Crippen LogP contribution in [-0.4, -0.2) is 37.1 Å². The number of aliphatic hydroxyl groups excluding tert-OH is 1. The molecule has 2 rings (SSSR count). The van der Waals surface area contributed by atoms with E-state index in [4.69, 9.17) is 9.47 Å². The van der Waals surface area contributed by atoms with Crippen LogP contribution in [0, 0.1) is 0 Å². The lowest BCUT2D eigenvalue weighted by molar-refractivity contribution is -0.131. The molecule has 84 valence electrons. The Morgan fingerprint density at radius 1 is 1.60 bits per heavy atom. The zero-order chi connectivity index (χ0) is 10.7. The Balaban J connectivity index is 1.91. The van der Waals surface area contributed by atoms with Crippen molar-refractivity contribution in [1.82, 2.24) is 0 Å². The molecule has 0 radical (unpaired) electrons. The van der Waals surface area contributed by atoms with Gasteiger partial charge in [0.15, 0.2) is 0 Å². The summed E-state index contributed by atoms with van der Waals surface area (Å²) < 4.78 is 11.8. The van der Waals surface area contributed by atoms with Crippen LogP contribution >= 0.6 is 27.3 Å². The van der Waals surface area contributed by atoms with Crippen molar-refractivity contribution in [3.05, 3.63) is 20.8 Å². The Hall–Kier alpha value is 0.0600. The van der Waals surface area contributed by atoms with Gasteiger partial charge in [0, 0.05) is 15.8 Å². The zero-order valence-electron chi connectivity index (χ0n) is 8.19. The normalized spacial score (nSPS) is 24.0. The third-order valence-corrected chi connectivity index (χ3v) is 4.31. The highest BCUT2D eigenvalue weighted by molar-refractivity contribution is 9.10. The molecule has 2 heterocycles. The fourth-order valence-electron chi connectivity index (χ4n) is 1.52. The number of hydrogen-bond donors (Lipinski definition) is 1. The molecule has 1 fully saturated rings. The van der Waals surface area contributed by atoms with Gasteiger partial charge in [-0.1, -0.05) is 0 Å². The fourth-order valence-corrected chi connectivity index (χ4v) is 3.09. The van der Waals surface area contributed by atoms with Crippen LogP contribution in [0.15, 0.2) is 15.9 Å². The lowest BCUT2D eigenvalue weighted by Gasteiger charge is -2.26. The van der Waals surface area contributed by atoms with Crippen molar-refractivity contribution < 1.29 is 14.6 Å². The van der Waals surface area contributed by atoms with Gasteiger partial charge in [-0.2, -0.15) is 0 Å². The van der Waals surface area contributed by atoms with Crippen LogP contribution in [0.4, 0.5) is 0 Å². The molecule has 0 spiro atoms. The summed E-state index contributed by atoms with van der Waals surface area (Å²) in [6.07, 6.45) is -0.0558. The molecule has 2 atom stereocenters. The molecule has 5 heteroatoms. The minimum absolute atomic E-state index is 0.187. The van der Waals surface area contributed by atoms with Crippen molar-refractivity contribution in [2.45, 2.75) is 18.6 Å². The van der Waals surface area contributed by atoms with Crippen molar-refractivity contribution >= 4 is 27.3 Å². The number of ether oxygens (including phenoxy) is 2. The first-order valence-corrected chi connectivity index (χ1v) is 6.54. The molecule has 0 aromatic carbocycles. The van der Waals surface area contributed by atoms with Gasteiger partial charge in [0.25, 0.3) is 0 Å². The van der Waals surface area contributed by atoms with E-state index >= 15 is 0 Å². The summed E-state index contributed by atoms with van der Waals surface area (Å²) in [5.74, 6) is 0. The van der Waals surface area contributed by atoms with Gasteiger partial charge in [-0.05, 0) is 27.4 Å². The van der Waals surface area contributed by atoms with E-state index in [1.54, 1.807) is 11.3 Å². The second kappa shape index (κ2) is 5.41. The Labute approximate surface area is 101 Å². The van der Waals surface area contributed by atoms with E-state index < -0.39 is 6.10 Å². The fraction of sp³-hybridized carbons (Fsp3) is 0.600. The van der Waals surface area contributed by atoms with E-state index in [0.29, 0.717) is 26.2 Å². The maximum atomic E-state index is 9.95. The summed E-state index contributed by atoms with van der Waals surface area (Å²) in [5, 5.41) is 12.0. The van der Waals surface area contributed by atoms with Crippen LogP contribution in [0.1, 0.15) is 4.88 Å². The predicted octanol–water partition coefficient (Wildman–Crippen LogP) is 1.83. The highest BCUT2D eigenvalue weighted by Crippen LogP contribution is 2.25. The molecule has 1 aliphatic rings. The van der Waals surface area contributed by atoms with Crippen LogP contribution in [0.25, 0.3) is 0 Å². The van der Waals surface area contributed by atoms with Crippen LogP contribution < -0.4 is 0 Å². The molecular weight excluding hydrogens is 280 g/mol. The summed E-state index contributed by atoms with van der Waals surface area (Å²) in [7, 11) is 0. The van der Waals surface area contributed by atoms with Crippen molar-refractivity contribution in [3.63, 3.8) is 0 Å². The second-order valence-electron chi connectivity index (χ2n) is 3.45. The maximum Gasteiger partial charge on any atom is 0.107 e. The average molecular weight is 293 g/mol. The molecule has 2 unspecified atom stereocenters. The van der Waals surface area contributed by atoms with Crippen molar-refractivity contribution in [1.29, 1.82) is 0 Å². The highest BCUT2D eigenvalue weighted by atomic mass is 79.9. The summed E-state index contributed by atoms with van der Waals surface area (Å²) >= 11 is 5.08. The van der Waals surface area contributed by atoms with Crippen LogP contribution in [0.5, 0.6) is 0 Å². The number of halogens is 1. The Kier molecular flexibility index (Phi) is 4.16. The highest BCUT2D eigenvalue weighted by Gasteiger charge is 2.24. The topological polar surface area (TPSA) is 38.7 Å². The quantitative estimate of drug-likeness (QED) is 0.924. The van der Waals surface area contributed by atoms with Crippen molar-refractivity contribution in [2.24, 2.45) is 0 Å². The molecule has 0 bridgehead atoms. The smallest absolute Gasteiger partial charge is 0.107 e. The molecule has 1 N–H and O–H groups in total. The van der Waals surface area contributed by atoms with Crippen LogP contribution in [0.2, 0.25) is 0 Å². The Morgan fingerprint density at radius 2 is 2.47 bits per heavy atom. The molecule has 3 nitrogen and oxygen atoms in total. The zero-order valence-corrected chi connectivity index (χ0v) is 10.6. The molecule has 1 aromatic rings. The minimum atomic E-state index is -0.486. The third kappa shape index (κ3) is 3.01. The lowest BCUT2D eigenvalue weighted by atomic mass is 10.1. The Morgan fingerprint density at radius 3 is 3.07 bits per heavy atom. The van der Waals surface area contributed by atoms with Crippen molar-refractivity contribution in [3.8, 4) is 0 Å². The number of hydrogen-bond acceptors (Lipinski definition) is 4. The van der Waals surface area contributed by atoms with E-state index in [1.165, 1.54) is 0 Å². The van der Waals surface area contributed by atoms with Crippen molar-refractivity contribution in [2.75, 3.05) is 19.8 Å². The number of thiophene rings is 1. The third-order valence-electron chi connectivity index (χ3n) is 2.36. The molecule has 0 aliphatic carbocycles. The molecule has 15 heavy (non-hydrogen) atoms. The molecule has 0 amide bonds. The first-order valence-electron chi connectivity index (χ1n) is 4.86. The SMILES string of the molecule is OC(Cc1sccc1Br)C1COCCO1. The summed E-state index contributed by atoms with van der Waals surface area (Å²) in [6.45, 7) is 1.70. The van der Waals surface area contributed by atoms with Gasteiger partial charge in [0.1, 0.15) is 6.10 Å². The van der Waals surface area contributed by atoms with Gasteiger partial charge in [0.2, 0.25) is 0 Å². The first kappa shape index (κ1) is 11.5. The first-order chi connectivity index (χ1) is 7.27. The van der Waals surface area contributed by atoms with E-state index in [9.17, 15) is 5.11 Å². The van der Waals surface area contributed by atoms with E-state index in [2.05, 4.69) is 15.9 Å². The van der Waals surface area contributed by atoms with Gasteiger partial charge in [-0.3, -0.25) is 0 Å². The van der Waals surface area contributed by atoms with Gasteiger partial charge in [-0.15, -0.1) is 11.3 Å². The van der Waals surface area contributed by atoms with Crippen LogP contribution in [-0.2, 0) is 15.9 Å². The monoisotopic (exact) mass is 292 g/mol. The summed E-state index contributed by atoms with van der Waals surface area (Å²) in [6, 6.07) is 1.99. The molecule has 1 aromatic heterocycles. The van der Waals surface area contributed by atoms with Gasteiger partial charge >= 0.3 is 0 Å². The van der Waals surface area contributed by atoms with Gasteiger partial charge in [-0.25, -0.2) is 0 Å². The van der Waals surface area contributed by atoms with E-state index in [0.717, 1.165) is 9.35 Å². The maximum absolute atomic E-state index is 9.95. The molecular formula is C10H13BrO3S. The standard InChI is InChI=1S/C10H13BrO3S/c11-7-1-4-15-10(7)5-8(12)9-6-13-2-3-14-9/h1,4,8-9,12H,2-3,5-6H2. The minimum Gasteiger partial charge on any atom is -0.390 e. The van der Waals surface area contributed by atoms with Gasteiger partial charge < -0.3 is 14.6 Å². The molecule has 0 saturated carbocycles. The summed E-state index contributed by atoms with van der Waals surface area (Å²) in [5.41, 5.74) is 0. The van der Waals surface area contributed by atoms with Gasteiger partial charge in [0.05, 0.1) is 25.9 Å². The largest absolute Gasteiger partial charge is 0.390 e. The van der Waals surface area contributed by atoms with E-state index in [-0.39, 0.29) is 6.10 Å². The predicted molar refractivity (Wildman–Crippen MR) is 62.3 cm³/mol. The Bertz CT molecular complexity index is 309. The van der Waals surface area contributed by atoms with Crippen LogP contribution in [0.3, 0.4) is 0 Å². The lowest BCUT2D eigenvalue weighted by Crippen LogP contribution is -2.39.